The molecular formula is C10H20O4. The van der Waals surface area contributed by atoms with Gasteiger partial charge >= 0.3 is 5.97 Å². The first-order chi connectivity index (χ1) is 6.22. The molecule has 0 aromatic carbocycles. The first-order valence-corrected chi connectivity index (χ1v) is 4.77. The van der Waals surface area contributed by atoms with Gasteiger partial charge in [0.1, 0.15) is 0 Å². The van der Waals surface area contributed by atoms with Gasteiger partial charge in [-0.2, -0.15) is 4.89 Å². The van der Waals surface area contributed by atoms with Crippen molar-refractivity contribution in [3.63, 3.8) is 0 Å². The van der Waals surface area contributed by atoms with Crippen LogP contribution in [0.4, 0.5) is 0 Å². The highest BCUT2D eigenvalue weighted by Gasteiger charge is 2.17. The minimum absolute atomic E-state index is 0.157. The van der Waals surface area contributed by atoms with Crippen molar-refractivity contribution in [2.45, 2.75) is 53.4 Å². The first kappa shape index (κ1) is 13.4. The van der Waals surface area contributed by atoms with Crippen LogP contribution in [-0.4, -0.2) is 17.9 Å². The summed E-state index contributed by atoms with van der Waals surface area (Å²) in [4.78, 5) is 21.0. The molecule has 0 aliphatic carbocycles. The molecule has 0 rings (SSSR count). The van der Waals surface area contributed by atoms with Gasteiger partial charge in [0.25, 0.3) is 0 Å². The van der Waals surface area contributed by atoms with Crippen LogP contribution in [0, 0.1) is 5.92 Å². The smallest absolute Gasteiger partial charge is 0.310 e. The average Bonchev–Trinajstić information content (AvgIpc) is 1.99. The number of carbonyl (C=O) groups is 1. The maximum Gasteiger partial charge on any atom is 0.310 e. The quantitative estimate of drug-likeness (QED) is 0.305. The molecule has 0 radical (unpaired) electrons. The molecule has 0 N–H and O–H groups in total. The van der Waals surface area contributed by atoms with Crippen LogP contribution in [0.5, 0.6) is 0 Å². The topological polar surface area (TPSA) is 44.8 Å². The SMILES string of the molecule is CC(OOC(C)(C)C)OC(=O)C(C)C. The molecule has 0 aliphatic rings. The minimum Gasteiger partial charge on any atom is -0.433 e. The third kappa shape index (κ3) is 6.86. The van der Waals surface area contributed by atoms with E-state index in [9.17, 15) is 4.79 Å². The molecule has 0 amide bonds. The molecule has 4 heteroatoms. The van der Waals surface area contributed by atoms with Crippen LogP contribution in [0.15, 0.2) is 0 Å². The summed E-state index contributed by atoms with van der Waals surface area (Å²) in [5.41, 5.74) is -0.404. The Morgan fingerprint density at radius 2 is 1.64 bits per heavy atom. The summed E-state index contributed by atoms with van der Waals surface area (Å²) in [7, 11) is 0. The summed E-state index contributed by atoms with van der Waals surface area (Å²) in [5.74, 6) is -0.453. The van der Waals surface area contributed by atoms with Gasteiger partial charge in [-0.3, -0.25) is 4.79 Å². The average molecular weight is 204 g/mol. The van der Waals surface area contributed by atoms with Gasteiger partial charge in [0, 0.05) is 6.92 Å². The van der Waals surface area contributed by atoms with Crippen molar-refractivity contribution >= 4 is 5.97 Å². The van der Waals surface area contributed by atoms with Gasteiger partial charge in [-0.05, 0) is 20.8 Å². The van der Waals surface area contributed by atoms with Gasteiger partial charge in [-0.15, -0.1) is 0 Å². The van der Waals surface area contributed by atoms with Gasteiger partial charge in [0.15, 0.2) is 0 Å². The number of hydrogen-bond donors (Lipinski definition) is 0. The summed E-state index contributed by atoms with van der Waals surface area (Å²) >= 11 is 0. The fourth-order valence-corrected chi connectivity index (χ4v) is 0.531. The molecule has 0 fully saturated rings. The second-order valence-corrected chi connectivity index (χ2v) is 4.45. The van der Waals surface area contributed by atoms with Gasteiger partial charge in [0.2, 0.25) is 6.29 Å². The maximum absolute atomic E-state index is 11.1. The summed E-state index contributed by atoms with van der Waals surface area (Å²) in [6.07, 6.45) is -0.677. The lowest BCUT2D eigenvalue weighted by molar-refractivity contribution is -0.405. The van der Waals surface area contributed by atoms with Crippen molar-refractivity contribution < 1.29 is 19.3 Å². The van der Waals surface area contributed by atoms with Crippen molar-refractivity contribution in [1.29, 1.82) is 0 Å². The van der Waals surface area contributed by atoms with Crippen LogP contribution in [0.1, 0.15) is 41.5 Å². The van der Waals surface area contributed by atoms with Crippen molar-refractivity contribution in [3.05, 3.63) is 0 Å². The number of esters is 1. The Labute approximate surface area is 85.5 Å². The highest BCUT2D eigenvalue weighted by atomic mass is 17.2. The van der Waals surface area contributed by atoms with E-state index < -0.39 is 11.9 Å². The molecule has 14 heavy (non-hydrogen) atoms. The zero-order chi connectivity index (χ0) is 11.4. The molecule has 0 spiro atoms. The van der Waals surface area contributed by atoms with E-state index in [0.717, 1.165) is 0 Å². The van der Waals surface area contributed by atoms with Crippen molar-refractivity contribution in [2.75, 3.05) is 0 Å². The summed E-state index contributed by atoms with van der Waals surface area (Å²) < 4.78 is 4.92. The molecule has 84 valence electrons. The van der Waals surface area contributed by atoms with Crippen molar-refractivity contribution in [1.82, 2.24) is 0 Å². The van der Waals surface area contributed by atoms with E-state index in [1.54, 1.807) is 20.8 Å². The van der Waals surface area contributed by atoms with Gasteiger partial charge < -0.3 is 4.74 Å². The molecule has 0 saturated carbocycles. The Bertz CT molecular complexity index is 181. The zero-order valence-electron chi connectivity index (χ0n) is 9.79. The van der Waals surface area contributed by atoms with Gasteiger partial charge in [-0.25, -0.2) is 4.89 Å². The lowest BCUT2D eigenvalue weighted by atomic mass is 10.2. The van der Waals surface area contributed by atoms with E-state index in [2.05, 4.69) is 0 Å². The highest BCUT2D eigenvalue weighted by Crippen LogP contribution is 2.10. The van der Waals surface area contributed by atoms with Crippen LogP contribution in [-0.2, 0) is 19.3 Å². The summed E-state index contributed by atoms with van der Waals surface area (Å²) in [5, 5.41) is 0. The zero-order valence-corrected chi connectivity index (χ0v) is 9.79. The summed E-state index contributed by atoms with van der Waals surface area (Å²) in [6, 6.07) is 0. The highest BCUT2D eigenvalue weighted by molar-refractivity contribution is 5.71. The summed E-state index contributed by atoms with van der Waals surface area (Å²) in [6.45, 7) is 10.7. The first-order valence-electron chi connectivity index (χ1n) is 4.77. The van der Waals surface area contributed by atoms with E-state index in [1.165, 1.54) is 0 Å². The van der Waals surface area contributed by atoms with Crippen molar-refractivity contribution in [3.8, 4) is 0 Å². The molecule has 0 heterocycles. The second kappa shape index (κ2) is 5.32. The van der Waals surface area contributed by atoms with Gasteiger partial charge in [-0.1, -0.05) is 13.8 Å². The van der Waals surface area contributed by atoms with E-state index in [-0.39, 0.29) is 11.9 Å². The fraction of sp³-hybridized carbons (Fsp3) is 0.900. The minimum atomic E-state index is -0.677. The van der Waals surface area contributed by atoms with Crippen molar-refractivity contribution in [2.24, 2.45) is 5.92 Å². The predicted molar refractivity (Wildman–Crippen MR) is 52.3 cm³/mol. The van der Waals surface area contributed by atoms with Crippen LogP contribution in [0.2, 0.25) is 0 Å². The monoisotopic (exact) mass is 204 g/mol. The van der Waals surface area contributed by atoms with E-state index in [0.29, 0.717) is 0 Å². The Hall–Kier alpha value is -0.610. The van der Waals surface area contributed by atoms with E-state index in [1.807, 2.05) is 20.8 Å². The molecule has 0 bridgehead atoms. The largest absolute Gasteiger partial charge is 0.433 e. The number of rotatable bonds is 4. The Morgan fingerprint density at radius 3 is 2.00 bits per heavy atom. The third-order valence-corrected chi connectivity index (χ3v) is 1.19. The van der Waals surface area contributed by atoms with Gasteiger partial charge in [0.05, 0.1) is 11.5 Å². The molecule has 0 aliphatic heterocycles. The maximum atomic E-state index is 11.1. The molecule has 0 aromatic heterocycles. The van der Waals surface area contributed by atoms with Crippen LogP contribution in [0.25, 0.3) is 0 Å². The molecule has 0 aromatic rings. The lowest BCUT2D eigenvalue weighted by Gasteiger charge is -2.21. The molecule has 1 unspecified atom stereocenters. The van der Waals surface area contributed by atoms with Crippen LogP contribution in [0.3, 0.4) is 0 Å². The normalized spacial score (nSPS) is 14.2. The number of hydrogen-bond acceptors (Lipinski definition) is 4. The lowest BCUT2D eigenvalue weighted by Crippen LogP contribution is -2.27. The standard InChI is InChI=1S/C10H20O4/c1-7(2)9(11)12-8(3)13-14-10(4,5)6/h7-8H,1-6H3. The second-order valence-electron chi connectivity index (χ2n) is 4.45. The Kier molecular flexibility index (Phi) is 5.08. The molecule has 0 saturated heterocycles. The van der Waals surface area contributed by atoms with Crippen LogP contribution < -0.4 is 0 Å². The van der Waals surface area contributed by atoms with E-state index >= 15 is 0 Å². The Morgan fingerprint density at radius 1 is 1.14 bits per heavy atom. The molecular weight excluding hydrogens is 184 g/mol. The van der Waals surface area contributed by atoms with Crippen LogP contribution >= 0.6 is 0 Å². The van der Waals surface area contributed by atoms with E-state index in [4.69, 9.17) is 14.5 Å². The fourth-order valence-electron chi connectivity index (χ4n) is 0.531. The molecule has 4 nitrogen and oxygen atoms in total. The predicted octanol–water partition coefficient (Wildman–Crippen LogP) is 2.28. The Balaban J connectivity index is 3.77. The third-order valence-electron chi connectivity index (χ3n) is 1.19. The number of ether oxygens (including phenoxy) is 1. The number of carbonyl (C=O) groups excluding carboxylic acids is 1. The molecule has 1 atom stereocenters.